The van der Waals surface area contributed by atoms with E-state index in [1.54, 1.807) is 24.3 Å². The highest BCUT2D eigenvalue weighted by Gasteiger charge is 2.31. The van der Waals surface area contributed by atoms with Crippen LogP contribution in [0.15, 0.2) is 42.5 Å². The SMILES string of the molecule is FC(F)(F)Oc1cccc(-c2cccc(=S)[nH]2)c1. The van der Waals surface area contributed by atoms with E-state index in [-0.39, 0.29) is 5.75 Å². The predicted molar refractivity (Wildman–Crippen MR) is 63.7 cm³/mol. The van der Waals surface area contributed by atoms with E-state index in [2.05, 4.69) is 9.72 Å². The first-order valence-corrected chi connectivity index (χ1v) is 5.40. The summed E-state index contributed by atoms with van der Waals surface area (Å²) in [6.45, 7) is 0. The van der Waals surface area contributed by atoms with Crippen LogP contribution in [-0.2, 0) is 0 Å². The number of rotatable bonds is 2. The topological polar surface area (TPSA) is 25.0 Å². The van der Waals surface area contributed by atoms with Gasteiger partial charge in [0.2, 0.25) is 0 Å². The highest BCUT2D eigenvalue weighted by atomic mass is 32.1. The Kier molecular flexibility index (Phi) is 3.38. The first-order valence-electron chi connectivity index (χ1n) is 4.99. The third kappa shape index (κ3) is 3.33. The maximum atomic E-state index is 12.1. The summed E-state index contributed by atoms with van der Waals surface area (Å²) in [6.07, 6.45) is -4.69. The smallest absolute Gasteiger partial charge is 0.406 e. The summed E-state index contributed by atoms with van der Waals surface area (Å²) in [5, 5.41) is 0. The Bertz CT molecular complexity index is 607. The molecule has 2 rings (SSSR count). The summed E-state index contributed by atoms with van der Waals surface area (Å²) in [5.74, 6) is -0.261. The zero-order valence-electron chi connectivity index (χ0n) is 8.99. The van der Waals surface area contributed by atoms with Crippen molar-refractivity contribution in [2.75, 3.05) is 0 Å². The lowest BCUT2D eigenvalue weighted by Gasteiger charge is -2.10. The minimum Gasteiger partial charge on any atom is -0.406 e. The van der Waals surface area contributed by atoms with E-state index in [0.29, 0.717) is 15.9 Å². The standard InChI is InChI=1S/C12H8F3NOS/c13-12(14,15)17-9-4-1-3-8(7-9)10-5-2-6-11(18)16-10/h1-7H,(H,16,18). The van der Waals surface area contributed by atoms with E-state index in [1.807, 2.05) is 0 Å². The fourth-order valence-corrected chi connectivity index (χ4v) is 1.67. The molecule has 0 radical (unpaired) electrons. The molecular formula is C12H8F3NOS. The molecule has 0 aliphatic heterocycles. The lowest BCUT2D eigenvalue weighted by Crippen LogP contribution is -2.17. The fraction of sp³-hybridized carbons (Fsp3) is 0.0833. The Morgan fingerprint density at radius 1 is 1.06 bits per heavy atom. The van der Waals surface area contributed by atoms with Crippen molar-refractivity contribution in [2.24, 2.45) is 0 Å². The molecule has 0 aliphatic carbocycles. The van der Waals surface area contributed by atoms with Crippen molar-refractivity contribution in [3.05, 3.63) is 47.1 Å². The van der Waals surface area contributed by atoms with Gasteiger partial charge in [-0.05, 0) is 24.3 Å². The number of hydrogen-bond acceptors (Lipinski definition) is 2. The van der Waals surface area contributed by atoms with Crippen LogP contribution in [-0.4, -0.2) is 11.3 Å². The second-order valence-corrected chi connectivity index (χ2v) is 3.94. The zero-order valence-corrected chi connectivity index (χ0v) is 9.81. The Balaban J connectivity index is 2.36. The minimum absolute atomic E-state index is 0.261. The Hall–Kier alpha value is -1.82. The van der Waals surface area contributed by atoms with Gasteiger partial charge in [0.25, 0.3) is 0 Å². The molecule has 1 aromatic heterocycles. The van der Waals surface area contributed by atoms with Gasteiger partial charge in [-0.2, -0.15) is 0 Å². The van der Waals surface area contributed by atoms with Gasteiger partial charge >= 0.3 is 6.36 Å². The second kappa shape index (κ2) is 4.81. The average molecular weight is 271 g/mol. The van der Waals surface area contributed by atoms with Crippen molar-refractivity contribution in [2.45, 2.75) is 6.36 Å². The molecule has 1 aromatic carbocycles. The maximum Gasteiger partial charge on any atom is 0.573 e. The van der Waals surface area contributed by atoms with E-state index in [0.717, 1.165) is 0 Å². The van der Waals surface area contributed by atoms with Gasteiger partial charge in [0.1, 0.15) is 10.4 Å². The molecule has 0 amide bonds. The number of hydrogen-bond donors (Lipinski definition) is 1. The average Bonchev–Trinajstić information content (AvgIpc) is 2.27. The fourth-order valence-electron chi connectivity index (χ4n) is 1.48. The lowest BCUT2D eigenvalue weighted by molar-refractivity contribution is -0.274. The van der Waals surface area contributed by atoms with E-state index >= 15 is 0 Å². The Labute approximate surface area is 106 Å². The van der Waals surface area contributed by atoms with Crippen LogP contribution in [0.5, 0.6) is 5.75 Å². The van der Waals surface area contributed by atoms with Crippen LogP contribution in [0.1, 0.15) is 0 Å². The molecule has 0 bridgehead atoms. The van der Waals surface area contributed by atoms with Crippen molar-refractivity contribution in [3.8, 4) is 17.0 Å². The van der Waals surface area contributed by atoms with Gasteiger partial charge in [0.05, 0.1) is 0 Å². The number of aromatic amines is 1. The predicted octanol–water partition coefficient (Wildman–Crippen LogP) is 4.31. The molecule has 0 spiro atoms. The monoisotopic (exact) mass is 271 g/mol. The molecule has 1 N–H and O–H groups in total. The van der Waals surface area contributed by atoms with Crippen molar-refractivity contribution in [1.29, 1.82) is 0 Å². The van der Waals surface area contributed by atoms with Gasteiger partial charge in [-0.25, -0.2) is 0 Å². The van der Waals surface area contributed by atoms with Gasteiger partial charge in [0, 0.05) is 11.3 Å². The Morgan fingerprint density at radius 3 is 2.44 bits per heavy atom. The molecule has 0 aliphatic rings. The third-order valence-electron chi connectivity index (χ3n) is 2.15. The molecule has 2 aromatic rings. The molecule has 6 heteroatoms. The molecule has 0 atom stereocenters. The largest absolute Gasteiger partial charge is 0.573 e. The molecule has 94 valence electrons. The third-order valence-corrected chi connectivity index (χ3v) is 2.39. The number of halogens is 3. The molecule has 1 heterocycles. The van der Waals surface area contributed by atoms with Gasteiger partial charge in [-0.3, -0.25) is 0 Å². The number of aromatic nitrogens is 1. The zero-order chi connectivity index (χ0) is 13.2. The van der Waals surface area contributed by atoms with Crippen LogP contribution in [0.2, 0.25) is 0 Å². The van der Waals surface area contributed by atoms with Crippen LogP contribution in [0, 0.1) is 4.64 Å². The van der Waals surface area contributed by atoms with Crippen LogP contribution in [0.25, 0.3) is 11.3 Å². The number of ether oxygens (including phenoxy) is 1. The summed E-state index contributed by atoms with van der Waals surface area (Å²) in [7, 11) is 0. The number of nitrogens with one attached hydrogen (secondary N) is 1. The molecule has 0 unspecified atom stereocenters. The van der Waals surface area contributed by atoms with Gasteiger partial charge in [0.15, 0.2) is 0 Å². The highest BCUT2D eigenvalue weighted by Crippen LogP contribution is 2.26. The summed E-state index contributed by atoms with van der Waals surface area (Å²) >= 11 is 4.95. The first-order chi connectivity index (χ1) is 8.44. The van der Waals surface area contributed by atoms with Crippen LogP contribution >= 0.6 is 12.2 Å². The molecule has 0 saturated carbocycles. The van der Waals surface area contributed by atoms with E-state index < -0.39 is 6.36 Å². The quantitative estimate of drug-likeness (QED) is 0.823. The molecule has 0 saturated heterocycles. The summed E-state index contributed by atoms with van der Waals surface area (Å²) < 4.78 is 40.6. The molecule has 2 nitrogen and oxygen atoms in total. The number of benzene rings is 1. The minimum atomic E-state index is -4.69. The Morgan fingerprint density at radius 2 is 1.78 bits per heavy atom. The van der Waals surface area contributed by atoms with Crippen molar-refractivity contribution in [1.82, 2.24) is 4.98 Å². The van der Waals surface area contributed by atoms with Crippen LogP contribution in [0.3, 0.4) is 0 Å². The van der Waals surface area contributed by atoms with Crippen LogP contribution < -0.4 is 4.74 Å². The van der Waals surface area contributed by atoms with Crippen molar-refractivity contribution in [3.63, 3.8) is 0 Å². The normalized spacial score (nSPS) is 11.3. The van der Waals surface area contributed by atoms with E-state index in [9.17, 15) is 13.2 Å². The van der Waals surface area contributed by atoms with Gasteiger partial charge in [-0.15, -0.1) is 13.2 Å². The first kappa shape index (κ1) is 12.6. The van der Waals surface area contributed by atoms with Crippen molar-refractivity contribution >= 4 is 12.2 Å². The molecule has 0 fully saturated rings. The number of alkyl halides is 3. The van der Waals surface area contributed by atoms with E-state index in [4.69, 9.17) is 12.2 Å². The van der Waals surface area contributed by atoms with Crippen LogP contribution in [0.4, 0.5) is 13.2 Å². The maximum absolute atomic E-state index is 12.1. The van der Waals surface area contributed by atoms with Gasteiger partial charge in [-0.1, -0.05) is 30.4 Å². The lowest BCUT2D eigenvalue weighted by atomic mass is 10.1. The highest BCUT2D eigenvalue weighted by molar-refractivity contribution is 7.71. The molecular weight excluding hydrogens is 263 g/mol. The summed E-state index contributed by atoms with van der Waals surface area (Å²) in [4.78, 5) is 2.89. The summed E-state index contributed by atoms with van der Waals surface area (Å²) in [5.41, 5.74) is 1.21. The van der Waals surface area contributed by atoms with Crippen molar-refractivity contribution < 1.29 is 17.9 Å². The van der Waals surface area contributed by atoms with E-state index in [1.165, 1.54) is 18.2 Å². The second-order valence-electron chi connectivity index (χ2n) is 3.50. The summed E-state index contributed by atoms with van der Waals surface area (Å²) in [6, 6.07) is 10.8. The number of pyridine rings is 1. The van der Waals surface area contributed by atoms with Gasteiger partial charge < -0.3 is 9.72 Å². The number of H-pyrrole nitrogens is 1. The molecule has 18 heavy (non-hydrogen) atoms.